The van der Waals surface area contributed by atoms with Gasteiger partial charge in [0.05, 0.1) is 11.8 Å². The second-order valence-corrected chi connectivity index (χ2v) is 6.95. The van der Waals surface area contributed by atoms with E-state index in [1.165, 1.54) is 32.1 Å². The lowest BCUT2D eigenvalue weighted by molar-refractivity contribution is 0.244. The molecule has 0 bridgehead atoms. The summed E-state index contributed by atoms with van der Waals surface area (Å²) in [4.78, 5) is 9.07. The molecule has 0 unspecified atom stereocenters. The average Bonchev–Trinajstić information content (AvgIpc) is 2.56. The molecule has 5 nitrogen and oxygen atoms in total. The highest BCUT2D eigenvalue weighted by molar-refractivity contribution is 5.65. The summed E-state index contributed by atoms with van der Waals surface area (Å²) in [6, 6.07) is 10.4. The van der Waals surface area contributed by atoms with Crippen molar-refractivity contribution in [3.63, 3.8) is 0 Å². The first-order valence-electron chi connectivity index (χ1n) is 9.25. The van der Waals surface area contributed by atoms with E-state index in [1.807, 2.05) is 51.1 Å². The molecule has 1 fully saturated rings. The molecule has 1 heterocycles. The van der Waals surface area contributed by atoms with Gasteiger partial charge in [-0.2, -0.15) is 0 Å². The van der Waals surface area contributed by atoms with Gasteiger partial charge in [-0.15, -0.1) is 0 Å². The average molecular weight is 340 g/mol. The first-order chi connectivity index (χ1) is 12.1. The smallest absolute Gasteiger partial charge is 0.143 e. The van der Waals surface area contributed by atoms with Crippen LogP contribution in [-0.4, -0.2) is 22.1 Å². The minimum Gasteiger partial charge on any atom is -0.489 e. The summed E-state index contributed by atoms with van der Waals surface area (Å²) >= 11 is 0. The number of nitrogens with zero attached hydrogens (tertiary/aromatic N) is 2. The largest absolute Gasteiger partial charge is 0.489 e. The van der Waals surface area contributed by atoms with Crippen LogP contribution < -0.4 is 15.4 Å². The van der Waals surface area contributed by atoms with E-state index in [-0.39, 0.29) is 6.10 Å². The number of rotatable bonds is 6. The van der Waals surface area contributed by atoms with Crippen LogP contribution in [0.15, 0.2) is 30.3 Å². The normalized spacial score (nSPS) is 15.2. The van der Waals surface area contributed by atoms with E-state index >= 15 is 0 Å². The molecule has 134 valence electrons. The summed E-state index contributed by atoms with van der Waals surface area (Å²) in [5, 5.41) is 6.95. The van der Waals surface area contributed by atoms with Gasteiger partial charge in [0.25, 0.3) is 0 Å². The van der Waals surface area contributed by atoms with Gasteiger partial charge in [0.15, 0.2) is 0 Å². The zero-order valence-electron chi connectivity index (χ0n) is 15.4. The minimum absolute atomic E-state index is 0.124. The van der Waals surface area contributed by atoms with Crippen LogP contribution in [0.25, 0.3) is 0 Å². The van der Waals surface area contributed by atoms with Gasteiger partial charge in [-0.05, 0) is 45.7 Å². The highest BCUT2D eigenvalue weighted by Gasteiger charge is 2.14. The number of hydrogen-bond acceptors (Lipinski definition) is 5. The summed E-state index contributed by atoms with van der Waals surface area (Å²) < 4.78 is 5.88. The topological polar surface area (TPSA) is 59.1 Å². The van der Waals surface area contributed by atoms with Crippen molar-refractivity contribution in [2.45, 2.75) is 65.0 Å². The lowest BCUT2D eigenvalue weighted by atomic mass is 9.95. The Bertz CT molecular complexity index is 696. The Morgan fingerprint density at radius 1 is 1.04 bits per heavy atom. The standard InChI is InChI=1S/C20H28N4O/c1-14(2)25-18-12-8-7-11-17(18)24-20-13-19(21-15(3)22-20)23-16-9-5-4-6-10-16/h7-8,11-14,16H,4-6,9-10H2,1-3H3,(H2,21,22,23,24). The molecule has 3 rings (SSSR count). The van der Waals surface area contributed by atoms with Crippen LogP contribution in [0.3, 0.4) is 0 Å². The van der Waals surface area contributed by atoms with Crippen molar-refractivity contribution in [3.05, 3.63) is 36.2 Å². The Hall–Kier alpha value is -2.30. The van der Waals surface area contributed by atoms with Gasteiger partial charge in [0, 0.05) is 12.1 Å². The van der Waals surface area contributed by atoms with Gasteiger partial charge in [0.2, 0.25) is 0 Å². The van der Waals surface area contributed by atoms with Gasteiger partial charge >= 0.3 is 0 Å². The van der Waals surface area contributed by atoms with Gasteiger partial charge in [-0.3, -0.25) is 0 Å². The van der Waals surface area contributed by atoms with Crippen LogP contribution in [0.5, 0.6) is 5.75 Å². The third-order valence-electron chi connectivity index (χ3n) is 4.31. The molecule has 0 atom stereocenters. The van der Waals surface area contributed by atoms with Crippen LogP contribution in [0.1, 0.15) is 51.8 Å². The van der Waals surface area contributed by atoms with Crippen molar-refractivity contribution in [1.29, 1.82) is 0 Å². The van der Waals surface area contributed by atoms with Crippen molar-refractivity contribution in [3.8, 4) is 5.75 Å². The predicted molar refractivity (Wildman–Crippen MR) is 103 cm³/mol. The number of nitrogens with one attached hydrogen (secondary N) is 2. The van der Waals surface area contributed by atoms with Crippen LogP contribution in [0, 0.1) is 6.92 Å². The Kier molecular flexibility index (Phi) is 5.74. The molecule has 1 saturated carbocycles. The van der Waals surface area contributed by atoms with Crippen LogP contribution >= 0.6 is 0 Å². The van der Waals surface area contributed by atoms with Crippen molar-refractivity contribution >= 4 is 17.3 Å². The molecule has 2 N–H and O–H groups in total. The van der Waals surface area contributed by atoms with Crippen LogP contribution in [-0.2, 0) is 0 Å². The third-order valence-corrected chi connectivity index (χ3v) is 4.31. The van der Waals surface area contributed by atoms with E-state index in [4.69, 9.17) is 4.74 Å². The first kappa shape index (κ1) is 17.5. The number of ether oxygens (including phenoxy) is 1. The number of aromatic nitrogens is 2. The predicted octanol–water partition coefficient (Wildman–Crippen LogP) is 5.06. The quantitative estimate of drug-likeness (QED) is 0.769. The lowest BCUT2D eigenvalue weighted by Crippen LogP contribution is -2.23. The molecule has 1 aromatic heterocycles. The molecule has 2 aromatic rings. The van der Waals surface area contributed by atoms with E-state index in [9.17, 15) is 0 Å². The van der Waals surface area contributed by atoms with Gasteiger partial charge < -0.3 is 15.4 Å². The summed E-state index contributed by atoms with van der Waals surface area (Å²) in [5.41, 5.74) is 0.915. The number of para-hydroxylation sites is 2. The molecular formula is C20H28N4O. The molecular weight excluding hydrogens is 312 g/mol. The third kappa shape index (κ3) is 5.08. The van der Waals surface area contributed by atoms with E-state index in [1.54, 1.807) is 0 Å². The summed E-state index contributed by atoms with van der Waals surface area (Å²) in [6.07, 6.45) is 6.51. The zero-order chi connectivity index (χ0) is 17.6. The Balaban J connectivity index is 1.76. The van der Waals surface area contributed by atoms with Crippen molar-refractivity contribution in [2.24, 2.45) is 0 Å². The van der Waals surface area contributed by atoms with Crippen LogP contribution in [0.4, 0.5) is 17.3 Å². The maximum Gasteiger partial charge on any atom is 0.143 e. The van der Waals surface area contributed by atoms with E-state index in [0.717, 1.165) is 28.9 Å². The Morgan fingerprint density at radius 3 is 2.52 bits per heavy atom. The second-order valence-electron chi connectivity index (χ2n) is 6.95. The van der Waals surface area contributed by atoms with Crippen molar-refractivity contribution in [1.82, 2.24) is 9.97 Å². The number of hydrogen-bond donors (Lipinski definition) is 2. The molecule has 0 amide bonds. The highest BCUT2D eigenvalue weighted by Crippen LogP contribution is 2.29. The van der Waals surface area contributed by atoms with Gasteiger partial charge in [-0.1, -0.05) is 31.4 Å². The molecule has 0 radical (unpaired) electrons. The number of aryl methyl sites for hydroxylation is 1. The van der Waals surface area contributed by atoms with E-state index < -0.39 is 0 Å². The fraction of sp³-hybridized carbons (Fsp3) is 0.500. The molecule has 1 aromatic carbocycles. The van der Waals surface area contributed by atoms with Crippen molar-refractivity contribution in [2.75, 3.05) is 10.6 Å². The molecule has 1 aliphatic rings. The minimum atomic E-state index is 0.124. The zero-order valence-corrected chi connectivity index (χ0v) is 15.4. The molecule has 25 heavy (non-hydrogen) atoms. The summed E-state index contributed by atoms with van der Waals surface area (Å²) in [7, 11) is 0. The summed E-state index contributed by atoms with van der Waals surface area (Å²) in [6.45, 7) is 5.98. The highest BCUT2D eigenvalue weighted by atomic mass is 16.5. The molecule has 0 spiro atoms. The monoisotopic (exact) mass is 340 g/mol. The maximum atomic E-state index is 5.88. The Labute approximate surface area is 150 Å². The van der Waals surface area contributed by atoms with Crippen molar-refractivity contribution < 1.29 is 4.74 Å². The molecule has 0 saturated heterocycles. The Morgan fingerprint density at radius 2 is 1.76 bits per heavy atom. The second kappa shape index (κ2) is 8.19. The first-order valence-corrected chi connectivity index (χ1v) is 9.25. The van der Waals surface area contributed by atoms with Gasteiger partial charge in [0.1, 0.15) is 23.2 Å². The SMILES string of the molecule is Cc1nc(Nc2ccccc2OC(C)C)cc(NC2CCCCC2)n1. The fourth-order valence-corrected chi connectivity index (χ4v) is 3.23. The lowest BCUT2D eigenvalue weighted by Gasteiger charge is -2.23. The summed E-state index contributed by atoms with van der Waals surface area (Å²) in [5.74, 6) is 3.26. The van der Waals surface area contributed by atoms with Gasteiger partial charge in [-0.25, -0.2) is 9.97 Å². The number of anilines is 3. The van der Waals surface area contributed by atoms with E-state index in [2.05, 4.69) is 20.6 Å². The maximum absolute atomic E-state index is 5.88. The molecule has 0 aliphatic heterocycles. The molecule has 1 aliphatic carbocycles. The molecule has 5 heteroatoms. The fourth-order valence-electron chi connectivity index (χ4n) is 3.23. The van der Waals surface area contributed by atoms with Crippen LogP contribution in [0.2, 0.25) is 0 Å². The van der Waals surface area contributed by atoms with E-state index in [0.29, 0.717) is 6.04 Å². The number of benzene rings is 1.